The molecule has 2 aromatic heterocycles. The third kappa shape index (κ3) is 3.14. The lowest BCUT2D eigenvalue weighted by Crippen LogP contribution is -2.44. The van der Waals surface area contributed by atoms with E-state index < -0.39 is 11.6 Å². The molecule has 1 saturated heterocycles. The van der Waals surface area contributed by atoms with Crippen molar-refractivity contribution in [3.63, 3.8) is 0 Å². The van der Waals surface area contributed by atoms with Crippen LogP contribution in [0.5, 0.6) is 0 Å². The van der Waals surface area contributed by atoms with Crippen LogP contribution >= 0.6 is 0 Å². The summed E-state index contributed by atoms with van der Waals surface area (Å²) in [4.78, 5) is 9.22. The predicted octanol–water partition coefficient (Wildman–Crippen LogP) is 4.15. The molecule has 0 bridgehead atoms. The SMILES string of the molecule is Cn1c(C2(C(F)(F)F)CC2)cc2ncc([C@@H]3CCC[C@@H](C4CCC4)[C@H](CO)N3)nc21. The monoisotopic (exact) mass is 422 g/mol. The summed E-state index contributed by atoms with van der Waals surface area (Å²) >= 11 is 0. The smallest absolute Gasteiger partial charge is 0.395 e. The number of alkyl halides is 3. The van der Waals surface area contributed by atoms with Crippen LogP contribution in [-0.4, -0.2) is 38.5 Å². The summed E-state index contributed by atoms with van der Waals surface area (Å²) in [5.74, 6) is 1.17. The zero-order valence-electron chi connectivity index (χ0n) is 17.3. The van der Waals surface area contributed by atoms with Crippen molar-refractivity contribution >= 4 is 11.2 Å². The Hall–Kier alpha value is -1.67. The Labute approximate surface area is 174 Å². The molecule has 2 aliphatic carbocycles. The number of nitrogens with zero attached hydrogens (tertiary/aromatic N) is 3. The molecule has 0 unspecified atom stereocenters. The number of aromatic nitrogens is 3. The topological polar surface area (TPSA) is 63.0 Å². The summed E-state index contributed by atoms with van der Waals surface area (Å²) in [6.07, 6.45) is 4.47. The number of aliphatic hydroxyl groups is 1. The zero-order chi connectivity index (χ0) is 21.1. The van der Waals surface area contributed by atoms with Crippen molar-refractivity contribution in [3.8, 4) is 0 Å². The number of fused-ring (bicyclic) bond motifs is 1. The number of halogens is 3. The summed E-state index contributed by atoms with van der Waals surface area (Å²) in [6.45, 7) is 0.0930. The molecule has 0 spiro atoms. The minimum absolute atomic E-state index is 0.0317. The van der Waals surface area contributed by atoms with Crippen LogP contribution in [0.15, 0.2) is 12.3 Å². The molecular weight excluding hydrogens is 393 g/mol. The standard InChI is InChI=1S/C22H29F3N4O/c1-29-19(21(8-9-21)22(23,24)25)10-16-20(29)28-17(11-26-16)15-7-3-6-14(13-4-2-5-13)18(12-30)27-15/h10-11,13-15,18,27,30H,2-9,12H2,1H3/t14-,15-,18-/m0/s1. The van der Waals surface area contributed by atoms with Crippen LogP contribution in [0, 0.1) is 11.8 Å². The van der Waals surface area contributed by atoms with Gasteiger partial charge in [-0.15, -0.1) is 0 Å². The molecule has 3 atom stereocenters. The lowest BCUT2D eigenvalue weighted by molar-refractivity contribution is -0.162. The van der Waals surface area contributed by atoms with Crippen LogP contribution in [0.2, 0.25) is 0 Å². The minimum atomic E-state index is -4.26. The van der Waals surface area contributed by atoms with Gasteiger partial charge < -0.3 is 15.0 Å². The van der Waals surface area contributed by atoms with Gasteiger partial charge >= 0.3 is 6.18 Å². The Bertz CT molecular complexity index is 932. The van der Waals surface area contributed by atoms with Gasteiger partial charge in [-0.05, 0) is 43.6 Å². The van der Waals surface area contributed by atoms with Gasteiger partial charge in [-0.2, -0.15) is 13.2 Å². The van der Waals surface area contributed by atoms with Crippen molar-refractivity contribution < 1.29 is 18.3 Å². The number of nitrogens with one attached hydrogen (secondary N) is 1. The maximum absolute atomic E-state index is 13.6. The molecule has 8 heteroatoms. The van der Waals surface area contributed by atoms with Gasteiger partial charge in [0.05, 0.1) is 24.5 Å². The van der Waals surface area contributed by atoms with Crippen molar-refractivity contribution in [2.75, 3.05) is 6.61 Å². The normalized spacial score (nSPS) is 29.6. The van der Waals surface area contributed by atoms with E-state index in [2.05, 4.69) is 10.3 Å². The van der Waals surface area contributed by atoms with E-state index in [0.29, 0.717) is 23.0 Å². The first-order chi connectivity index (χ1) is 14.3. The first kappa shape index (κ1) is 20.2. The second-order valence-corrected chi connectivity index (χ2v) is 9.47. The fraction of sp³-hybridized carbons (Fsp3) is 0.727. The van der Waals surface area contributed by atoms with E-state index in [9.17, 15) is 18.3 Å². The van der Waals surface area contributed by atoms with E-state index in [-0.39, 0.29) is 37.2 Å². The lowest BCUT2D eigenvalue weighted by Gasteiger charge is -2.38. The second-order valence-electron chi connectivity index (χ2n) is 9.47. The molecule has 3 heterocycles. The van der Waals surface area contributed by atoms with Crippen LogP contribution in [0.25, 0.3) is 11.2 Å². The van der Waals surface area contributed by atoms with Crippen LogP contribution in [0.4, 0.5) is 13.2 Å². The maximum Gasteiger partial charge on any atom is 0.399 e. The van der Waals surface area contributed by atoms with Gasteiger partial charge in [0.25, 0.3) is 0 Å². The molecule has 30 heavy (non-hydrogen) atoms. The van der Waals surface area contributed by atoms with Gasteiger partial charge in [0.15, 0.2) is 5.65 Å². The molecule has 2 saturated carbocycles. The van der Waals surface area contributed by atoms with Crippen LogP contribution in [0.1, 0.15) is 68.8 Å². The Morgan fingerprint density at radius 3 is 2.53 bits per heavy atom. The predicted molar refractivity (Wildman–Crippen MR) is 107 cm³/mol. The summed E-state index contributed by atoms with van der Waals surface area (Å²) in [5.41, 5.74) is 0.267. The van der Waals surface area contributed by atoms with E-state index in [1.165, 1.54) is 19.3 Å². The third-order valence-corrected chi connectivity index (χ3v) is 7.81. The highest BCUT2D eigenvalue weighted by atomic mass is 19.4. The molecule has 1 aliphatic heterocycles. The van der Waals surface area contributed by atoms with Crippen LogP contribution in [0.3, 0.4) is 0 Å². The molecule has 2 aromatic rings. The molecule has 5 nitrogen and oxygen atoms in total. The van der Waals surface area contributed by atoms with Gasteiger partial charge in [-0.25, -0.2) is 4.98 Å². The van der Waals surface area contributed by atoms with Gasteiger partial charge in [0.2, 0.25) is 0 Å². The Balaban J connectivity index is 1.44. The van der Waals surface area contributed by atoms with Gasteiger partial charge in [-0.3, -0.25) is 4.98 Å². The van der Waals surface area contributed by atoms with E-state index in [4.69, 9.17) is 4.98 Å². The average molecular weight is 422 g/mol. The molecule has 164 valence electrons. The van der Waals surface area contributed by atoms with Crippen molar-refractivity contribution in [1.29, 1.82) is 0 Å². The number of rotatable bonds is 4. The highest BCUT2D eigenvalue weighted by Gasteiger charge is 2.65. The highest BCUT2D eigenvalue weighted by molar-refractivity contribution is 5.74. The van der Waals surface area contributed by atoms with E-state index in [1.54, 1.807) is 23.9 Å². The summed E-state index contributed by atoms with van der Waals surface area (Å²) < 4.78 is 42.5. The summed E-state index contributed by atoms with van der Waals surface area (Å²) in [7, 11) is 1.66. The number of hydrogen-bond donors (Lipinski definition) is 2. The first-order valence-corrected chi connectivity index (χ1v) is 11.1. The van der Waals surface area contributed by atoms with Crippen molar-refractivity contribution in [3.05, 3.63) is 23.7 Å². The van der Waals surface area contributed by atoms with Crippen LogP contribution in [-0.2, 0) is 12.5 Å². The van der Waals surface area contributed by atoms with E-state index in [0.717, 1.165) is 25.0 Å². The van der Waals surface area contributed by atoms with Gasteiger partial charge in [0, 0.05) is 18.8 Å². The lowest BCUT2D eigenvalue weighted by atomic mass is 9.71. The maximum atomic E-state index is 13.6. The zero-order valence-corrected chi connectivity index (χ0v) is 17.3. The second kappa shape index (κ2) is 7.19. The van der Waals surface area contributed by atoms with E-state index >= 15 is 0 Å². The largest absolute Gasteiger partial charge is 0.399 e. The molecule has 0 aromatic carbocycles. The average Bonchev–Trinajstić information content (AvgIpc) is 3.44. The number of hydrogen-bond acceptors (Lipinski definition) is 4. The fourth-order valence-electron chi connectivity index (χ4n) is 5.61. The molecule has 0 amide bonds. The Morgan fingerprint density at radius 2 is 1.93 bits per heavy atom. The minimum Gasteiger partial charge on any atom is -0.395 e. The molecular formula is C22H29F3N4O. The molecule has 3 aliphatic rings. The van der Waals surface area contributed by atoms with Crippen molar-refractivity contribution in [2.24, 2.45) is 18.9 Å². The van der Waals surface area contributed by atoms with Crippen molar-refractivity contribution in [1.82, 2.24) is 19.9 Å². The molecule has 2 N–H and O–H groups in total. The third-order valence-electron chi connectivity index (χ3n) is 7.81. The van der Waals surface area contributed by atoms with E-state index in [1.807, 2.05) is 0 Å². The first-order valence-electron chi connectivity index (χ1n) is 11.1. The quantitative estimate of drug-likeness (QED) is 0.777. The number of aliphatic hydroxyl groups excluding tert-OH is 1. The van der Waals surface area contributed by atoms with Gasteiger partial charge in [-0.1, -0.05) is 25.7 Å². The fourth-order valence-corrected chi connectivity index (χ4v) is 5.61. The Morgan fingerprint density at radius 1 is 1.20 bits per heavy atom. The molecule has 0 radical (unpaired) electrons. The highest BCUT2D eigenvalue weighted by Crippen LogP contribution is 2.59. The summed E-state index contributed by atoms with van der Waals surface area (Å²) in [5, 5.41) is 13.6. The molecule has 3 fully saturated rings. The number of aryl methyl sites for hydroxylation is 1. The molecule has 5 rings (SSSR count). The van der Waals surface area contributed by atoms with Crippen LogP contribution < -0.4 is 5.32 Å². The van der Waals surface area contributed by atoms with Gasteiger partial charge in [0.1, 0.15) is 10.9 Å². The Kier molecular flexibility index (Phi) is 4.85. The summed E-state index contributed by atoms with van der Waals surface area (Å²) in [6, 6.07) is 1.54. The van der Waals surface area contributed by atoms with Crippen molar-refractivity contribution in [2.45, 2.75) is 75.0 Å².